The monoisotopic (exact) mass is 456 g/mol. The average molecular weight is 457 g/mol. The van der Waals surface area contributed by atoms with Crippen LogP contribution in [0.2, 0.25) is 0 Å². The minimum Gasteiger partial charge on any atom is -0.373 e. The summed E-state index contributed by atoms with van der Waals surface area (Å²) in [6.45, 7) is 7.19. The summed E-state index contributed by atoms with van der Waals surface area (Å²) in [6, 6.07) is 17.9. The van der Waals surface area contributed by atoms with Crippen LogP contribution in [0.3, 0.4) is 0 Å². The molecule has 0 unspecified atom stereocenters. The van der Waals surface area contributed by atoms with Gasteiger partial charge in [-0.25, -0.2) is 0 Å². The second-order valence-corrected chi connectivity index (χ2v) is 9.86. The maximum atomic E-state index is 5.51. The fourth-order valence-electron chi connectivity index (χ4n) is 4.85. The van der Waals surface area contributed by atoms with Crippen LogP contribution in [-0.2, 0) is 17.8 Å². The predicted octanol–water partition coefficient (Wildman–Crippen LogP) is 9.44. The molecule has 3 rings (SSSR count). The van der Waals surface area contributed by atoms with Gasteiger partial charge in [0.2, 0.25) is 0 Å². The molecule has 0 radical (unpaired) electrons. The zero-order valence-corrected chi connectivity index (χ0v) is 21.3. The molecule has 0 atom stereocenters. The average Bonchev–Trinajstić information content (AvgIpc) is 2.88. The quantitative estimate of drug-likeness (QED) is 0.203. The SMILES string of the molecule is C=CCOCc1ccc(CCCCC2CCC(C=Cc3ccc(C=CCCC)cc3)CC2)cc1. The Morgan fingerprint density at radius 1 is 0.853 bits per heavy atom. The van der Waals surface area contributed by atoms with Gasteiger partial charge in [-0.2, -0.15) is 0 Å². The summed E-state index contributed by atoms with van der Waals surface area (Å²) in [4.78, 5) is 0. The second kappa shape index (κ2) is 15.5. The molecule has 1 aliphatic rings. The Morgan fingerprint density at radius 2 is 1.53 bits per heavy atom. The number of unbranched alkanes of at least 4 members (excludes halogenated alkanes) is 2. The van der Waals surface area contributed by atoms with Gasteiger partial charge in [0, 0.05) is 0 Å². The molecule has 182 valence electrons. The van der Waals surface area contributed by atoms with E-state index in [0.29, 0.717) is 13.2 Å². The van der Waals surface area contributed by atoms with Crippen molar-refractivity contribution < 1.29 is 4.74 Å². The van der Waals surface area contributed by atoms with Crippen LogP contribution in [0, 0.1) is 11.8 Å². The van der Waals surface area contributed by atoms with Gasteiger partial charge in [-0.05, 0) is 79.0 Å². The summed E-state index contributed by atoms with van der Waals surface area (Å²) in [6.07, 6.45) is 24.2. The lowest BCUT2D eigenvalue weighted by Crippen LogP contribution is -2.13. The molecule has 0 bridgehead atoms. The van der Waals surface area contributed by atoms with Crippen LogP contribution in [0.25, 0.3) is 12.2 Å². The first-order chi connectivity index (χ1) is 16.8. The highest BCUT2D eigenvalue weighted by Gasteiger charge is 2.19. The normalized spacial score (nSPS) is 18.6. The minimum absolute atomic E-state index is 0.616. The summed E-state index contributed by atoms with van der Waals surface area (Å²) in [5.74, 6) is 1.69. The number of ether oxygens (including phenoxy) is 1. The Morgan fingerprint density at radius 3 is 2.21 bits per heavy atom. The van der Waals surface area contributed by atoms with Gasteiger partial charge in [-0.1, -0.05) is 105 Å². The molecule has 1 heteroatoms. The van der Waals surface area contributed by atoms with Crippen molar-refractivity contribution in [2.24, 2.45) is 11.8 Å². The molecular weight excluding hydrogens is 412 g/mol. The third-order valence-corrected chi connectivity index (χ3v) is 7.01. The number of aryl methyl sites for hydroxylation is 1. The van der Waals surface area contributed by atoms with Gasteiger partial charge in [0.25, 0.3) is 0 Å². The maximum Gasteiger partial charge on any atom is 0.0721 e. The Labute approximate surface area is 208 Å². The second-order valence-electron chi connectivity index (χ2n) is 9.86. The van der Waals surface area contributed by atoms with Gasteiger partial charge < -0.3 is 4.74 Å². The summed E-state index contributed by atoms with van der Waals surface area (Å²) in [5, 5.41) is 0. The van der Waals surface area contributed by atoms with Crippen molar-refractivity contribution in [1.29, 1.82) is 0 Å². The summed E-state index contributed by atoms with van der Waals surface area (Å²) < 4.78 is 5.51. The van der Waals surface area contributed by atoms with Crippen molar-refractivity contribution in [2.75, 3.05) is 6.61 Å². The van der Waals surface area contributed by atoms with Crippen LogP contribution in [0.15, 0.2) is 73.3 Å². The standard InChI is InChI=1S/C33H44O/c1-3-5-6-9-28-12-16-31(17-13-28)20-21-32-18-14-29(15-19-32)10-7-8-11-30-22-24-33(25-23-30)27-34-26-4-2/h4,6,9,12-13,16-17,20-25,29,32H,2-3,5,7-8,10-11,14-15,18-19,26-27H2,1H3. The van der Waals surface area contributed by atoms with E-state index in [1.165, 1.54) is 80.0 Å². The van der Waals surface area contributed by atoms with E-state index in [1.54, 1.807) is 6.08 Å². The smallest absolute Gasteiger partial charge is 0.0721 e. The first-order valence-electron chi connectivity index (χ1n) is 13.5. The van der Waals surface area contributed by atoms with Crippen molar-refractivity contribution in [1.82, 2.24) is 0 Å². The molecule has 0 amide bonds. The van der Waals surface area contributed by atoms with E-state index in [0.717, 1.165) is 18.3 Å². The van der Waals surface area contributed by atoms with Gasteiger partial charge in [0.15, 0.2) is 0 Å². The molecule has 1 aliphatic carbocycles. The maximum absolute atomic E-state index is 5.51. The highest BCUT2D eigenvalue weighted by atomic mass is 16.5. The fourth-order valence-corrected chi connectivity index (χ4v) is 4.85. The molecule has 0 aliphatic heterocycles. The van der Waals surface area contributed by atoms with Crippen LogP contribution in [0.1, 0.15) is 87.0 Å². The number of rotatable bonds is 14. The Bertz CT molecular complexity index is 864. The number of benzene rings is 2. The highest BCUT2D eigenvalue weighted by molar-refractivity contribution is 5.55. The lowest BCUT2D eigenvalue weighted by atomic mass is 9.79. The van der Waals surface area contributed by atoms with Gasteiger partial charge in [-0.3, -0.25) is 0 Å². The van der Waals surface area contributed by atoms with Gasteiger partial charge in [0.05, 0.1) is 13.2 Å². The van der Waals surface area contributed by atoms with Crippen molar-refractivity contribution in [3.8, 4) is 0 Å². The molecule has 0 spiro atoms. The zero-order chi connectivity index (χ0) is 23.8. The summed E-state index contributed by atoms with van der Waals surface area (Å²) in [7, 11) is 0. The van der Waals surface area contributed by atoms with Crippen LogP contribution < -0.4 is 0 Å². The van der Waals surface area contributed by atoms with Crippen LogP contribution in [0.4, 0.5) is 0 Å². The molecular formula is C33H44O. The molecule has 2 aromatic carbocycles. The Kier molecular flexibility index (Phi) is 12.0. The van der Waals surface area contributed by atoms with E-state index in [9.17, 15) is 0 Å². The van der Waals surface area contributed by atoms with Gasteiger partial charge >= 0.3 is 0 Å². The van der Waals surface area contributed by atoms with E-state index in [1.807, 2.05) is 0 Å². The van der Waals surface area contributed by atoms with E-state index in [2.05, 4.69) is 86.3 Å². The topological polar surface area (TPSA) is 9.23 Å². The van der Waals surface area contributed by atoms with Gasteiger partial charge in [0.1, 0.15) is 0 Å². The fraction of sp³-hybridized carbons (Fsp3) is 0.455. The van der Waals surface area contributed by atoms with E-state index < -0.39 is 0 Å². The van der Waals surface area contributed by atoms with Crippen molar-refractivity contribution in [2.45, 2.75) is 77.7 Å². The van der Waals surface area contributed by atoms with E-state index >= 15 is 0 Å². The zero-order valence-electron chi connectivity index (χ0n) is 21.3. The molecule has 1 fully saturated rings. The summed E-state index contributed by atoms with van der Waals surface area (Å²) in [5.41, 5.74) is 5.32. The molecule has 1 saturated carbocycles. The van der Waals surface area contributed by atoms with Crippen LogP contribution >= 0.6 is 0 Å². The third-order valence-electron chi connectivity index (χ3n) is 7.01. The van der Waals surface area contributed by atoms with E-state index in [4.69, 9.17) is 4.74 Å². The van der Waals surface area contributed by atoms with Crippen LogP contribution in [0.5, 0.6) is 0 Å². The first kappa shape index (κ1) is 26.2. The Balaban J connectivity index is 1.29. The van der Waals surface area contributed by atoms with Crippen LogP contribution in [-0.4, -0.2) is 6.61 Å². The molecule has 0 saturated heterocycles. The molecule has 0 N–H and O–H groups in total. The number of hydrogen-bond donors (Lipinski definition) is 0. The third kappa shape index (κ3) is 9.85. The van der Waals surface area contributed by atoms with Crippen molar-refractivity contribution >= 4 is 12.2 Å². The van der Waals surface area contributed by atoms with Crippen molar-refractivity contribution in [3.05, 3.63) is 95.6 Å². The lowest BCUT2D eigenvalue weighted by molar-refractivity contribution is 0.149. The molecule has 2 aromatic rings. The highest BCUT2D eigenvalue weighted by Crippen LogP contribution is 2.33. The molecule has 0 heterocycles. The molecule has 1 nitrogen and oxygen atoms in total. The number of hydrogen-bond acceptors (Lipinski definition) is 1. The van der Waals surface area contributed by atoms with Gasteiger partial charge in [-0.15, -0.1) is 6.58 Å². The largest absolute Gasteiger partial charge is 0.373 e. The van der Waals surface area contributed by atoms with E-state index in [-0.39, 0.29) is 0 Å². The van der Waals surface area contributed by atoms with Crippen molar-refractivity contribution in [3.63, 3.8) is 0 Å². The molecule has 0 aromatic heterocycles. The number of allylic oxidation sites excluding steroid dienone is 2. The molecule has 34 heavy (non-hydrogen) atoms. The lowest BCUT2D eigenvalue weighted by Gasteiger charge is -2.26. The Hall–Kier alpha value is -2.38. The first-order valence-corrected chi connectivity index (χ1v) is 13.5. The predicted molar refractivity (Wildman–Crippen MR) is 149 cm³/mol. The summed E-state index contributed by atoms with van der Waals surface area (Å²) >= 11 is 0. The minimum atomic E-state index is 0.616.